The minimum atomic E-state index is -3.75. The van der Waals surface area contributed by atoms with Gasteiger partial charge in [-0.05, 0) is 30.5 Å². The van der Waals surface area contributed by atoms with E-state index in [1.165, 1.54) is 16.8 Å². The molecule has 30 heavy (non-hydrogen) atoms. The Morgan fingerprint density at radius 3 is 2.70 bits per heavy atom. The van der Waals surface area contributed by atoms with Crippen molar-refractivity contribution in [3.8, 4) is 11.1 Å². The number of aryl methyl sites for hydroxylation is 1. The standard InChI is InChI=1S/C20H23ClN6O2S/c1-25(2)20-22-11-16(14-6-4-7-15(21)10-14)19(24-20)17-8-5-9-27(17)30(28,29)18-12-26(3)13-23-18/h4,6-7,10-13,17H,5,8-9H2,1-3H3/t17-/m1/s1. The average Bonchev–Trinajstić information content (AvgIpc) is 3.37. The molecule has 1 saturated heterocycles. The van der Waals surface area contributed by atoms with Gasteiger partial charge in [0.2, 0.25) is 5.95 Å². The third kappa shape index (κ3) is 3.80. The van der Waals surface area contributed by atoms with E-state index in [2.05, 4.69) is 9.97 Å². The Hall–Kier alpha value is -2.49. The molecule has 0 unspecified atom stereocenters. The predicted octanol–water partition coefficient (Wildman–Crippen LogP) is 3.12. The van der Waals surface area contributed by atoms with Gasteiger partial charge in [0.1, 0.15) is 0 Å². The lowest BCUT2D eigenvalue weighted by Crippen LogP contribution is -2.32. The first-order valence-corrected chi connectivity index (χ1v) is 11.4. The Bertz CT molecular complexity index is 1180. The minimum Gasteiger partial charge on any atom is -0.347 e. The van der Waals surface area contributed by atoms with E-state index >= 15 is 0 Å². The van der Waals surface area contributed by atoms with Crippen LogP contribution in [0.25, 0.3) is 11.1 Å². The summed E-state index contributed by atoms with van der Waals surface area (Å²) in [4.78, 5) is 15.1. The summed E-state index contributed by atoms with van der Waals surface area (Å²) in [7, 11) is 1.71. The van der Waals surface area contributed by atoms with E-state index in [1.807, 2.05) is 32.3 Å². The third-order valence-corrected chi connectivity index (χ3v) is 7.14. The number of sulfonamides is 1. The van der Waals surface area contributed by atoms with Gasteiger partial charge in [-0.2, -0.15) is 4.31 Å². The van der Waals surface area contributed by atoms with Gasteiger partial charge in [0.15, 0.2) is 5.03 Å². The van der Waals surface area contributed by atoms with E-state index in [9.17, 15) is 8.42 Å². The van der Waals surface area contributed by atoms with Gasteiger partial charge < -0.3 is 9.47 Å². The van der Waals surface area contributed by atoms with Crippen molar-refractivity contribution in [2.75, 3.05) is 25.5 Å². The van der Waals surface area contributed by atoms with Gasteiger partial charge in [-0.3, -0.25) is 0 Å². The van der Waals surface area contributed by atoms with Crippen molar-refractivity contribution >= 4 is 27.6 Å². The SMILES string of the molecule is CN(C)c1ncc(-c2cccc(Cl)c2)c([C@H]2CCCN2S(=O)(=O)c2cn(C)cn2)n1. The maximum absolute atomic E-state index is 13.3. The largest absolute Gasteiger partial charge is 0.347 e. The van der Waals surface area contributed by atoms with Crippen molar-refractivity contribution in [2.45, 2.75) is 23.9 Å². The number of rotatable bonds is 5. The number of aromatic nitrogens is 4. The molecule has 1 aliphatic heterocycles. The van der Waals surface area contributed by atoms with Crippen LogP contribution in [0.4, 0.5) is 5.95 Å². The van der Waals surface area contributed by atoms with Crippen molar-refractivity contribution in [3.63, 3.8) is 0 Å². The number of benzene rings is 1. The molecule has 8 nitrogen and oxygen atoms in total. The highest BCUT2D eigenvalue weighted by Crippen LogP contribution is 2.40. The normalized spacial score (nSPS) is 17.4. The van der Waals surface area contributed by atoms with Crippen LogP contribution < -0.4 is 4.90 Å². The number of halogens is 1. The molecule has 1 aromatic carbocycles. The van der Waals surface area contributed by atoms with E-state index in [0.29, 0.717) is 29.6 Å². The van der Waals surface area contributed by atoms with Crippen LogP contribution in [-0.4, -0.2) is 52.9 Å². The molecule has 4 rings (SSSR count). The summed E-state index contributed by atoms with van der Waals surface area (Å²) in [5, 5.41) is 0.641. The van der Waals surface area contributed by atoms with Crippen LogP contribution in [0.15, 0.2) is 48.0 Å². The molecular weight excluding hydrogens is 424 g/mol. The molecular formula is C20H23ClN6O2S. The number of anilines is 1. The number of hydrogen-bond acceptors (Lipinski definition) is 6. The average molecular weight is 447 g/mol. The van der Waals surface area contributed by atoms with Crippen LogP contribution in [0.2, 0.25) is 5.02 Å². The molecule has 0 saturated carbocycles. The summed E-state index contributed by atoms with van der Waals surface area (Å²) in [5.41, 5.74) is 2.30. The van der Waals surface area contributed by atoms with Crippen molar-refractivity contribution in [2.24, 2.45) is 7.05 Å². The summed E-state index contributed by atoms with van der Waals surface area (Å²) in [6.07, 6.45) is 6.17. The number of imidazole rings is 1. The molecule has 2 aromatic heterocycles. The molecule has 3 aromatic rings. The first-order valence-electron chi connectivity index (χ1n) is 9.57. The molecule has 0 radical (unpaired) electrons. The summed E-state index contributed by atoms with van der Waals surface area (Å²) in [6.45, 7) is 0.417. The fourth-order valence-corrected chi connectivity index (χ4v) is 5.50. The van der Waals surface area contributed by atoms with Crippen LogP contribution in [-0.2, 0) is 17.1 Å². The zero-order chi connectivity index (χ0) is 21.5. The number of hydrogen-bond donors (Lipinski definition) is 0. The lowest BCUT2D eigenvalue weighted by atomic mass is 10.0. The fourth-order valence-electron chi connectivity index (χ4n) is 3.68. The summed E-state index contributed by atoms with van der Waals surface area (Å²) in [5.74, 6) is 0.526. The van der Waals surface area contributed by atoms with Gasteiger partial charge >= 0.3 is 0 Å². The highest BCUT2D eigenvalue weighted by Gasteiger charge is 2.39. The Labute approximate surface area is 181 Å². The van der Waals surface area contributed by atoms with Gasteiger partial charge in [0.05, 0.1) is 18.1 Å². The lowest BCUT2D eigenvalue weighted by molar-refractivity contribution is 0.389. The van der Waals surface area contributed by atoms with Gasteiger partial charge in [0.25, 0.3) is 10.0 Å². The van der Waals surface area contributed by atoms with Gasteiger partial charge in [0, 0.05) is 50.7 Å². The van der Waals surface area contributed by atoms with E-state index in [1.54, 1.807) is 28.8 Å². The Kier molecular flexibility index (Phi) is 5.52. The van der Waals surface area contributed by atoms with E-state index in [0.717, 1.165) is 17.5 Å². The van der Waals surface area contributed by atoms with Crippen molar-refractivity contribution in [1.29, 1.82) is 0 Å². The van der Waals surface area contributed by atoms with Crippen molar-refractivity contribution < 1.29 is 8.42 Å². The zero-order valence-electron chi connectivity index (χ0n) is 17.0. The summed E-state index contributed by atoms with van der Waals surface area (Å²) in [6, 6.07) is 7.01. The first kappa shape index (κ1) is 20.8. The lowest BCUT2D eigenvalue weighted by Gasteiger charge is -2.25. The maximum Gasteiger partial charge on any atom is 0.262 e. The molecule has 0 aliphatic carbocycles. The fraction of sp³-hybridized carbons (Fsp3) is 0.350. The summed E-state index contributed by atoms with van der Waals surface area (Å²) >= 11 is 6.21. The van der Waals surface area contributed by atoms with Crippen LogP contribution in [0.1, 0.15) is 24.6 Å². The van der Waals surface area contributed by atoms with E-state index in [4.69, 9.17) is 16.6 Å². The highest BCUT2D eigenvalue weighted by molar-refractivity contribution is 7.89. The van der Waals surface area contributed by atoms with Crippen molar-refractivity contribution in [1.82, 2.24) is 23.8 Å². The molecule has 0 N–H and O–H groups in total. The molecule has 158 valence electrons. The predicted molar refractivity (Wildman–Crippen MR) is 116 cm³/mol. The molecule has 0 bridgehead atoms. The van der Waals surface area contributed by atoms with Crippen LogP contribution >= 0.6 is 11.6 Å². The van der Waals surface area contributed by atoms with Gasteiger partial charge in [-0.15, -0.1) is 0 Å². The minimum absolute atomic E-state index is 0.0445. The second-order valence-electron chi connectivity index (χ2n) is 7.52. The molecule has 0 spiro atoms. The third-order valence-electron chi connectivity index (χ3n) is 5.11. The quantitative estimate of drug-likeness (QED) is 0.598. The topological polar surface area (TPSA) is 84.2 Å². The van der Waals surface area contributed by atoms with Crippen LogP contribution in [0, 0.1) is 0 Å². The Balaban J connectivity index is 1.84. The van der Waals surface area contributed by atoms with Crippen LogP contribution in [0.3, 0.4) is 0 Å². The molecule has 1 aliphatic rings. The van der Waals surface area contributed by atoms with E-state index in [-0.39, 0.29) is 5.03 Å². The monoisotopic (exact) mass is 446 g/mol. The molecule has 1 fully saturated rings. The highest BCUT2D eigenvalue weighted by atomic mass is 35.5. The first-order chi connectivity index (χ1) is 14.3. The smallest absolute Gasteiger partial charge is 0.262 e. The van der Waals surface area contributed by atoms with E-state index < -0.39 is 16.1 Å². The second kappa shape index (κ2) is 7.98. The Morgan fingerprint density at radius 2 is 2.03 bits per heavy atom. The summed E-state index contributed by atoms with van der Waals surface area (Å²) < 4.78 is 29.8. The molecule has 10 heteroatoms. The molecule has 1 atom stereocenters. The molecule has 3 heterocycles. The zero-order valence-corrected chi connectivity index (χ0v) is 18.6. The van der Waals surface area contributed by atoms with Gasteiger partial charge in [-0.25, -0.2) is 23.4 Å². The second-order valence-corrected chi connectivity index (χ2v) is 9.80. The Morgan fingerprint density at radius 1 is 1.23 bits per heavy atom. The maximum atomic E-state index is 13.3. The van der Waals surface area contributed by atoms with Gasteiger partial charge in [-0.1, -0.05) is 23.7 Å². The number of nitrogens with zero attached hydrogens (tertiary/aromatic N) is 6. The molecule has 0 amide bonds. The van der Waals surface area contributed by atoms with Crippen LogP contribution in [0.5, 0.6) is 0 Å². The van der Waals surface area contributed by atoms with Crippen molar-refractivity contribution in [3.05, 3.63) is 53.7 Å².